The van der Waals surface area contributed by atoms with Gasteiger partial charge in [0.2, 0.25) is 0 Å². The number of hydrogen-bond acceptors (Lipinski definition) is 1. The SMILES string of the molecule is NC(c1ccc(F)c(F)c1F)C1CC1c1ccccc1. The first kappa shape index (κ1) is 13.2. The van der Waals surface area contributed by atoms with Crippen molar-refractivity contribution < 1.29 is 13.2 Å². The van der Waals surface area contributed by atoms with E-state index in [1.165, 1.54) is 6.07 Å². The number of nitrogens with two attached hydrogens (primary N) is 1. The quantitative estimate of drug-likeness (QED) is 0.846. The highest BCUT2D eigenvalue weighted by atomic mass is 19.2. The van der Waals surface area contributed by atoms with Crippen LogP contribution in [-0.2, 0) is 0 Å². The molecule has 2 aromatic carbocycles. The smallest absolute Gasteiger partial charge is 0.194 e. The van der Waals surface area contributed by atoms with Crippen molar-refractivity contribution in [1.82, 2.24) is 0 Å². The largest absolute Gasteiger partial charge is 0.324 e. The first-order valence-electron chi connectivity index (χ1n) is 6.53. The lowest BCUT2D eigenvalue weighted by molar-refractivity contribution is 0.430. The van der Waals surface area contributed by atoms with E-state index in [0.29, 0.717) is 0 Å². The fourth-order valence-corrected chi connectivity index (χ4v) is 2.72. The summed E-state index contributed by atoms with van der Waals surface area (Å²) < 4.78 is 39.9. The number of halogens is 3. The Morgan fingerprint density at radius 3 is 2.35 bits per heavy atom. The number of hydrogen-bond donors (Lipinski definition) is 1. The van der Waals surface area contributed by atoms with Gasteiger partial charge in [0.1, 0.15) is 0 Å². The Morgan fingerprint density at radius 2 is 1.65 bits per heavy atom. The summed E-state index contributed by atoms with van der Waals surface area (Å²) in [6.07, 6.45) is 0.837. The monoisotopic (exact) mass is 277 g/mol. The molecule has 3 atom stereocenters. The lowest BCUT2D eigenvalue weighted by Gasteiger charge is -2.13. The van der Waals surface area contributed by atoms with Crippen LogP contribution in [0.5, 0.6) is 0 Å². The van der Waals surface area contributed by atoms with Crippen LogP contribution in [0, 0.1) is 23.4 Å². The maximum atomic E-state index is 13.7. The molecule has 0 radical (unpaired) electrons. The van der Waals surface area contributed by atoms with Crippen molar-refractivity contribution in [3.8, 4) is 0 Å². The molecule has 0 aromatic heterocycles. The molecule has 0 heterocycles. The first-order valence-corrected chi connectivity index (χ1v) is 6.53. The Hall–Kier alpha value is -1.81. The Morgan fingerprint density at radius 1 is 0.950 bits per heavy atom. The molecule has 0 spiro atoms. The van der Waals surface area contributed by atoms with Gasteiger partial charge in [-0.05, 0) is 29.9 Å². The van der Waals surface area contributed by atoms with Gasteiger partial charge in [-0.2, -0.15) is 0 Å². The first-order chi connectivity index (χ1) is 9.59. The van der Waals surface area contributed by atoms with Crippen molar-refractivity contribution in [1.29, 1.82) is 0 Å². The van der Waals surface area contributed by atoms with Crippen LogP contribution in [0.1, 0.15) is 29.5 Å². The average Bonchev–Trinajstić information content (AvgIpc) is 3.26. The van der Waals surface area contributed by atoms with Gasteiger partial charge < -0.3 is 5.73 Å². The molecule has 1 saturated carbocycles. The van der Waals surface area contributed by atoms with Crippen LogP contribution in [0.3, 0.4) is 0 Å². The molecule has 3 unspecified atom stereocenters. The summed E-state index contributed by atoms with van der Waals surface area (Å²) in [5.41, 5.74) is 7.22. The third-order valence-corrected chi connectivity index (χ3v) is 3.95. The van der Waals surface area contributed by atoms with Crippen LogP contribution >= 0.6 is 0 Å². The Bertz CT molecular complexity index is 627. The summed E-state index contributed by atoms with van der Waals surface area (Å²) in [5, 5.41) is 0. The summed E-state index contributed by atoms with van der Waals surface area (Å²) in [5.74, 6) is -3.48. The molecule has 1 aliphatic carbocycles. The predicted octanol–water partition coefficient (Wildman–Crippen LogP) is 3.91. The van der Waals surface area contributed by atoms with Crippen molar-refractivity contribution in [2.75, 3.05) is 0 Å². The van der Waals surface area contributed by atoms with Crippen LogP contribution in [-0.4, -0.2) is 0 Å². The predicted molar refractivity (Wildman–Crippen MR) is 70.5 cm³/mol. The minimum Gasteiger partial charge on any atom is -0.324 e. The Labute approximate surface area is 115 Å². The second-order valence-corrected chi connectivity index (χ2v) is 5.21. The zero-order valence-corrected chi connectivity index (χ0v) is 10.7. The lowest BCUT2D eigenvalue weighted by Crippen LogP contribution is -2.16. The lowest BCUT2D eigenvalue weighted by atomic mass is 9.99. The van der Waals surface area contributed by atoms with E-state index in [1.807, 2.05) is 30.3 Å². The van der Waals surface area contributed by atoms with Gasteiger partial charge in [-0.25, -0.2) is 13.2 Å². The highest BCUT2D eigenvalue weighted by molar-refractivity contribution is 5.31. The molecule has 1 fully saturated rings. The summed E-state index contributed by atoms with van der Waals surface area (Å²) in [6.45, 7) is 0. The third-order valence-electron chi connectivity index (χ3n) is 3.95. The number of benzene rings is 2. The van der Waals surface area contributed by atoms with E-state index in [9.17, 15) is 13.2 Å². The van der Waals surface area contributed by atoms with Crippen molar-refractivity contribution in [3.63, 3.8) is 0 Å². The van der Waals surface area contributed by atoms with Crippen LogP contribution < -0.4 is 5.73 Å². The molecular formula is C16H14F3N. The summed E-state index contributed by atoms with van der Waals surface area (Å²) >= 11 is 0. The van der Waals surface area contributed by atoms with E-state index < -0.39 is 23.5 Å². The molecule has 4 heteroatoms. The molecule has 0 amide bonds. The van der Waals surface area contributed by atoms with Crippen LogP contribution in [0.15, 0.2) is 42.5 Å². The normalized spacial score (nSPS) is 22.6. The van der Waals surface area contributed by atoms with Gasteiger partial charge in [0, 0.05) is 11.6 Å². The van der Waals surface area contributed by atoms with Crippen LogP contribution in [0.25, 0.3) is 0 Å². The second-order valence-electron chi connectivity index (χ2n) is 5.21. The fraction of sp³-hybridized carbons (Fsp3) is 0.250. The number of rotatable bonds is 3. The standard InChI is InChI=1S/C16H14F3N/c17-13-7-6-10(14(18)15(13)19)16(20)12-8-11(12)9-4-2-1-3-5-9/h1-7,11-12,16H,8,20H2. The molecule has 0 aliphatic heterocycles. The average molecular weight is 277 g/mol. The molecule has 0 saturated heterocycles. The van der Waals surface area contributed by atoms with Gasteiger partial charge in [-0.1, -0.05) is 36.4 Å². The summed E-state index contributed by atoms with van der Waals surface area (Å²) in [4.78, 5) is 0. The van der Waals surface area contributed by atoms with Crippen molar-refractivity contribution in [2.24, 2.45) is 11.7 Å². The highest BCUT2D eigenvalue weighted by Crippen LogP contribution is 2.53. The molecule has 0 bridgehead atoms. The molecule has 20 heavy (non-hydrogen) atoms. The molecule has 3 rings (SSSR count). The maximum Gasteiger partial charge on any atom is 0.194 e. The van der Waals surface area contributed by atoms with Gasteiger partial charge in [-0.3, -0.25) is 0 Å². The second kappa shape index (κ2) is 4.94. The van der Waals surface area contributed by atoms with Crippen molar-refractivity contribution in [2.45, 2.75) is 18.4 Å². The topological polar surface area (TPSA) is 26.0 Å². The molecule has 1 nitrogen and oxygen atoms in total. The molecular weight excluding hydrogens is 263 g/mol. The van der Waals surface area contributed by atoms with Gasteiger partial charge in [-0.15, -0.1) is 0 Å². The minimum atomic E-state index is -1.45. The van der Waals surface area contributed by atoms with Gasteiger partial charge >= 0.3 is 0 Å². The van der Waals surface area contributed by atoms with Gasteiger partial charge in [0.05, 0.1) is 0 Å². The minimum absolute atomic E-state index is 0.0485. The fourth-order valence-electron chi connectivity index (χ4n) is 2.72. The summed E-state index contributed by atoms with van der Waals surface area (Å²) in [6, 6.07) is 11.3. The van der Waals surface area contributed by atoms with E-state index in [0.717, 1.165) is 18.1 Å². The van der Waals surface area contributed by atoms with E-state index in [2.05, 4.69) is 0 Å². The van der Waals surface area contributed by atoms with Crippen LogP contribution in [0.4, 0.5) is 13.2 Å². The van der Waals surface area contributed by atoms with Crippen molar-refractivity contribution >= 4 is 0 Å². The zero-order chi connectivity index (χ0) is 14.3. The maximum absolute atomic E-state index is 13.7. The van der Waals surface area contributed by atoms with Gasteiger partial charge in [0.15, 0.2) is 17.5 Å². The van der Waals surface area contributed by atoms with Crippen LogP contribution in [0.2, 0.25) is 0 Å². The zero-order valence-electron chi connectivity index (χ0n) is 10.7. The van der Waals surface area contributed by atoms with E-state index >= 15 is 0 Å². The highest BCUT2D eigenvalue weighted by Gasteiger charge is 2.43. The van der Waals surface area contributed by atoms with E-state index in [4.69, 9.17) is 5.73 Å². The van der Waals surface area contributed by atoms with E-state index in [-0.39, 0.29) is 17.4 Å². The van der Waals surface area contributed by atoms with Gasteiger partial charge in [0.25, 0.3) is 0 Å². The Kier molecular flexibility index (Phi) is 3.26. The van der Waals surface area contributed by atoms with Crippen molar-refractivity contribution in [3.05, 3.63) is 71.0 Å². The molecule has 2 aromatic rings. The molecule has 1 aliphatic rings. The molecule has 104 valence electrons. The molecule has 2 N–H and O–H groups in total. The Balaban J connectivity index is 1.82. The van der Waals surface area contributed by atoms with E-state index in [1.54, 1.807) is 0 Å². The summed E-state index contributed by atoms with van der Waals surface area (Å²) in [7, 11) is 0. The third kappa shape index (κ3) is 2.20.